The molecule has 0 radical (unpaired) electrons. The van der Waals surface area contributed by atoms with Gasteiger partial charge in [0.1, 0.15) is 9.84 Å². The van der Waals surface area contributed by atoms with Gasteiger partial charge in [0.15, 0.2) is 0 Å². The van der Waals surface area contributed by atoms with Gasteiger partial charge in [-0.05, 0) is 38.5 Å². The van der Waals surface area contributed by atoms with Crippen molar-refractivity contribution in [2.75, 3.05) is 12.9 Å². The first-order chi connectivity index (χ1) is 7.95. The summed E-state index contributed by atoms with van der Waals surface area (Å²) in [6, 6.07) is 0.260. The molecule has 0 aromatic rings. The van der Waals surface area contributed by atoms with Crippen LogP contribution in [0.2, 0.25) is 0 Å². The van der Waals surface area contributed by atoms with Crippen molar-refractivity contribution in [1.29, 1.82) is 0 Å². The molecule has 2 rings (SSSR count). The Bertz CT molecular complexity index is 356. The second-order valence-electron chi connectivity index (χ2n) is 5.75. The second-order valence-corrected chi connectivity index (χ2v) is 8.08. The number of hydrogen-bond acceptors (Lipinski definition) is 4. The highest BCUT2D eigenvalue weighted by atomic mass is 32.2. The van der Waals surface area contributed by atoms with Crippen molar-refractivity contribution >= 4 is 9.84 Å². The molecule has 0 aromatic heterocycles. The molecule has 0 aliphatic heterocycles. The summed E-state index contributed by atoms with van der Waals surface area (Å²) >= 11 is 0. The highest BCUT2D eigenvalue weighted by Gasteiger charge is 2.39. The van der Waals surface area contributed by atoms with Gasteiger partial charge in [-0.25, -0.2) is 8.42 Å². The SMILES string of the molecule is CS(=O)(=O)C1CCCC(NC2(CO)CCC2)C1. The molecule has 2 atom stereocenters. The van der Waals surface area contributed by atoms with Gasteiger partial charge in [-0.1, -0.05) is 6.42 Å². The third kappa shape index (κ3) is 3.01. The van der Waals surface area contributed by atoms with Crippen LogP contribution < -0.4 is 5.32 Å². The molecule has 0 aromatic carbocycles. The molecule has 0 amide bonds. The van der Waals surface area contributed by atoms with E-state index in [1.807, 2.05) is 0 Å². The van der Waals surface area contributed by atoms with Gasteiger partial charge < -0.3 is 10.4 Å². The summed E-state index contributed by atoms with van der Waals surface area (Å²) in [5, 5.41) is 12.7. The van der Waals surface area contributed by atoms with Crippen molar-refractivity contribution in [1.82, 2.24) is 5.32 Å². The molecule has 2 aliphatic carbocycles. The Balaban J connectivity index is 1.94. The summed E-state index contributed by atoms with van der Waals surface area (Å²) in [7, 11) is -2.91. The summed E-state index contributed by atoms with van der Waals surface area (Å²) in [6.45, 7) is 0.174. The third-order valence-electron chi connectivity index (χ3n) is 4.36. The molecule has 2 unspecified atom stereocenters. The van der Waals surface area contributed by atoms with Gasteiger partial charge in [0.2, 0.25) is 0 Å². The Morgan fingerprint density at radius 3 is 2.47 bits per heavy atom. The number of hydrogen-bond donors (Lipinski definition) is 2. The average molecular weight is 261 g/mol. The first-order valence-corrected chi connectivity index (χ1v) is 8.48. The van der Waals surface area contributed by atoms with Crippen LogP contribution in [0.3, 0.4) is 0 Å². The van der Waals surface area contributed by atoms with E-state index in [1.54, 1.807) is 0 Å². The number of aliphatic hydroxyl groups excluding tert-OH is 1. The minimum atomic E-state index is -2.91. The minimum absolute atomic E-state index is 0.107. The number of rotatable bonds is 4. The van der Waals surface area contributed by atoms with Crippen molar-refractivity contribution in [3.63, 3.8) is 0 Å². The number of aliphatic hydroxyl groups is 1. The predicted octanol–water partition coefficient (Wildman–Crippen LogP) is 0.847. The Labute approximate surface area is 104 Å². The van der Waals surface area contributed by atoms with Crippen LogP contribution in [-0.2, 0) is 9.84 Å². The fourth-order valence-corrected chi connectivity index (χ4v) is 4.23. The van der Waals surface area contributed by atoms with Gasteiger partial charge in [-0.2, -0.15) is 0 Å². The molecule has 0 saturated heterocycles. The Kier molecular flexibility index (Phi) is 3.80. The van der Waals surface area contributed by atoms with Gasteiger partial charge in [-0.15, -0.1) is 0 Å². The zero-order valence-electron chi connectivity index (χ0n) is 10.5. The molecular weight excluding hydrogens is 238 g/mol. The molecule has 5 heteroatoms. The van der Waals surface area contributed by atoms with Crippen molar-refractivity contribution in [2.24, 2.45) is 0 Å². The Morgan fingerprint density at radius 2 is 2.00 bits per heavy atom. The lowest BCUT2D eigenvalue weighted by Gasteiger charge is -2.45. The highest BCUT2D eigenvalue weighted by molar-refractivity contribution is 7.91. The fourth-order valence-electron chi connectivity index (χ4n) is 3.05. The maximum absolute atomic E-state index is 11.6. The summed E-state index contributed by atoms with van der Waals surface area (Å²) in [4.78, 5) is 0. The standard InChI is InChI=1S/C12H23NO3S/c1-17(15,16)11-5-2-4-10(8-11)13-12(9-14)6-3-7-12/h10-11,13-14H,2-9H2,1H3. The fraction of sp³-hybridized carbons (Fsp3) is 1.00. The second kappa shape index (κ2) is 4.86. The molecule has 0 spiro atoms. The first kappa shape index (κ1) is 13.3. The number of sulfone groups is 1. The van der Waals surface area contributed by atoms with Crippen LogP contribution in [0.5, 0.6) is 0 Å². The van der Waals surface area contributed by atoms with Gasteiger partial charge in [-0.3, -0.25) is 0 Å². The normalized spacial score (nSPS) is 33.1. The van der Waals surface area contributed by atoms with E-state index in [1.165, 1.54) is 6.26 Å². The highest BCUT2D eigenvalue weighted by Crippen LogP contribution is 2.34. The lowest BCUT2D eigenvalue weighted by molar-refractivity contribution is 0.0708. The van der Waals surface area contributed by atoms with E-state index >= 15 is 0 Å². The summed E-state index contributed by atoms with van der Waals surface area (Å²) in [5.41, 5.74) is -0.107. The van der Waals surface area contributed by atoms with E-state index < -0.39 is 9.84 Å². The lowest BCUT2D eigenvalue weighted by atomic mass is 9.76. The van der Waals surface area contributed by atoms with E-state index in [-0.39, 0.29) is 23.4 Å². The molecule has 0 bridgehead atoms. The van der Waals surface area contributed by atoms with Crippen LogP contribution in [0.25, 0.3) is 0 Å². The van der Waals surface area contributed by atoms with Gasteiger partial charge in [0, 0.05) is 17.8 Å². The molecule has 2 saturated carbocycles. The van der Waals surface area contributed by atoms with E-state index in [4.69, 9.17) is 0 Å². The Morgan fingerprint density at radius 1 is 1.29 bits per heavy atom. The number of nitrogens with one attached hydrogen (secondary N) is 1. The lowest BCUT2D eigenvalue weighted by Crippen LogP contribution is -2.58. The first-order valence-electron chi connectivity index (χ1n) is 6.53. The Hall–Kier alpha value is -0.130. The van der Waals surface area contributed by atoms with Crippen LogP contribution in [-0.4, -0.2) is 43.2 Å². The van der Waals surface area contributed by atoms with Crippen molar-refractivity contribution in [3.8, 4) is 0 Å². The van der Waals surface area contributed by atoms with Gasteiger partial charge >= 0.3 is 0 Å². The summed E-state index contributed by atoms with van der Waals surface area (Å²) < 4.78 is 23.1. The van der Waals surface area contributed by atoms with E-state index in [2.05, 4.69) is 5.32 Å². The van der Waals surface area contributed by atoms with Crippen LogP contribution in [0, 0.1) is 0 Å². The molecule has 0 heterocycles. The topological polar surface area (TPSA) is 66.4 Å². The van der Waals surface area contributed by atoms with Gasteiger partial charge in [0.05, 0.1) is 11.9 Å². The summed E-state index contributed by atoms with van der Waals surface area (Å²) in [6.07, 6.45) is 8.04. The van der Waals surface area contributed by atoms with Crippen LogP contribution in [0.1, 0.15) is 44.9 Å². The van der Waals surface area contributed by atoms with Crippen molar-refractivity contribution in [3.05, 3.63) is 0 Å². The molecule has 17 heavy (non-hydrogen) atoms. The molecule has 4 nitrogen and oxygen atoms in total. The largest absolute Gasteiger partial charge is 0.394 e. The van der Waals surface area contributed by atoms with E-state index in [0.717, 1.165) is 38.5 Å². The molecule has 2 aliphatic rings. The molecule has 2 fully saturated rings. The quantitative estimate of drug-likeness (QED) is 0.787. The molecule has 100 valence electrons. The predicted molar refractivity (Wildman–Crippen MR) is 67.7 cm³/mol. The zero-order valence-corrected chi connectivity index (χ0v) is 11.3. The average Bonchev–Trinajstić information content (AvgIpc) is 2.23. The molecular formula is C12H23NO3S. The molecule has 2 N–H and O–H groups in total. The maximum atomic E-state index is 11.6. The van der Waals surface area contributed by atoms with Crippen LogP contribution in [0.15, 0.2) is 0 Å². The van der Waals surface area contributed by atoms with E-state index in [0.29, 0.717) is 6.42 Å². The minimum Gasteiger partial charge on any atom is -0.394 e. The van der Waals surface area contributed by atoms with Gasteiger partial charge in [0.25, 0.3) is 0 Å². The van der Waals surface area contributed by atoms with Crippen molar-refractivity contribution < 1.29 is 13.5 Å². The summed E-state index contributed by atoms with van der Waals surface area (Å²) in [5.74, 6) is 0. The van der Waals surface area contributed by atoms with Crippen LogP contribution >= 0.6 is 0 Å². The third-order valence-corrected chi connectivity index (χ3v) is 5.99. The smallest absolute Gasteiger partial charge is 0.150 e. The van der Waals surface area contributed by atoms with Crippen molar-refractivity contribution in [2.45, 2.75) is 61.8 Å². The monoisotopic (exact) mass is 261 g/mol. The van der Waals surface area contributed by atoms with E-state index in [9.17, 15) is 13.5 Å². The maximum Gasteiger partial charge on any atom is 0.150 e. The van der Waals surface area contributed by atoms with Crippen LogP contribution in [0.4, 0.5) is 0 Å². The zero-order chi connectivity index (χ0) is 12.5.